The number of amides is 1. The number of nitrogens with one attached hydrogen (secondary N) is 1. The van der Waals surface area contributed by atoms with Gasteiger partial charge in [-0.2, -0.15) is 18.3 Å². The van der Waals surface area contributed by atoms with Crippen molar-refractivity contribution in [2.45, 2.75) is 19.6 Å². The highest BCUT2D eigenvalue weighted by molar-refractivity contribution is 5.93. The van der Waals surface area contributed by atoms with Crippen LogP contribution in [0.5, 0.6) is 0 Å². The van der Waals surface area contributed by atoms with E-state index in [-0.39, 0.29) is 0 Å². The summed E-state index contributed by atoms with van der Waals surface area (Å²) >= 11 is 0. The zero-order chi connectivity index (χ0) is 25.6. The number of carbonyl (C=O) groups is 1. The largest absolute Gasteiger partial charge is 0.405 e. The van der Waals surface area contributed by atoms with Gasteiger partial charge in [-0.15, -0.1) is 0 Å². The van der Waals surface area contributed by atoms with Crippen molar-refractivity contribution >= 4 is 27.8 Å². The maximum atomic E-state index is 13.4. The molecule has 0 radical (unpaired) electrons. The Balaban J connectivity index is 1.56. The number of benzene rings is 1. The smallest absolute Gasteiger partial charge is 0.345 e. The third-order valence-electron chi connectivity index (χ3n) is 5.90. The van der Waals surface area contributed by atoms with Crippen molar-refractivity contribution in [2.24, 2.45) is 7.05 Å². The zero-order valence-corrected chi connectivity index (χ0v) is 19.2. The van der Waals surface area contributed by atoms with Crippen LogP contribution in [-0.2, 0) is 18.4 Å². The topological polar surface area (TPSA) is 99.6 Å². The molecule has 9 nitrogen and oxygen atoms in total. The first-order chi connectivity index (χ1) is 17.1. The summed E-state index contributed by atoms with van der Waals surface area (Å²) in [6.45, 7) is -0.232. The summed E-state index contributed by atoms with van der Waals surface area (Å²) in [6.07, 6.45) is 2.24. The summed E-state index contributed by atoms with van der Waals surface area (Å²) in [4.78, 5) is 34.3. The molecule has 0 spiro atoms. The van der Waals surface area contributed by atoms with E-state index in [9.17, 15) is 22.8 Å². The van der Waals surface area contributed by atoms with Gasteiger partial charge in [0.2, 0.25) is 5.91 Å². The number of alkyl halides is 3. The predicted octanol–water partition coefficient (Wildman–Crippen LogP) is 3.12. The molecule has 0 aliphatic carbocycles. The van der Waals surface area contributed by atoms with E-state index in [1.54, 1.807) is 66.7 Å². The average Bonchev–Trinajstić information content (AvgIpc) is 3.36. The molecule has 0 saturated heterocycles. The Morgan fingerprint density at radius 1 is 1.06 bits per heavy atom. The molecule has 4 aromatic heterocycles. The number of aryl methyl sites for hydroxylation is 2. The molecule has 36 heavy (non-hydrogen) atoms. The molecule has 0 atom stereocenters. The van der Waals surface area contributed by atoms with Crippen LogP contribution in [0.15, 0.2) is 59.9 Å². The van der Waals surface area contributed by atoms with Gasteiger partial charge in [-0.3, -0.25) is 19.0 Å². The molecule has 12 heteroatoms. The van der Waals surface area contributed by atoms with E-state index < -0.39 is 30.9 Å². The van der Waals surface area contributed by atoms with Gasteiger partial charge in [-0.1, -0.05) is 12.1 Å². The van der Waals surface area contributed by atoms with Crippen molar-refractivity contribution in [1.82, 2.24) is 34.2 Å². The lowest BCUT2D eigenvalue weighted by atomic mass is 10.1. The van der Waals surface area contributed by atoms with Gasteiger partial charge in [0.05, 0.1) is 28.9 Å². The first kappa shape index (κ1) is 23.3. The summed E-state index contributed by atoms with van der Waals surface area (Å²) in [6, 6.07) is 8.63. The van der Waals surface area contributed by atoms with E-state index in [2.05, 4.69) is 15.1 Å². The minimum Gasteiger partial charge on any atom is -0.345 e. The molecule has 5 aromatic rings. The van der Waals surface area contributed by atoms with Crippen LogP contribution in [0.4, 0.5) is 13.2 Å². The first-order valence-corrected chi connectivity index (χ1v) is 10.9. The molecule has 184 valence electrons. The fourth-order valence-corrected chi connectivity index (χ4v) is 4.20. The van der Waals surface area contributed by atoms with Crippen LogP contribution in [-0.4, -0.2) is 47.5 Å². The highest BCUT2D eigenvalue weighted by Crippen LogP contribution is 2.28. The van der Waals surface area contributed by atoms with Gasteiger partial charge in [0, 0.05) is 36.0 Å². The molecule has 0 unspecified atom stereocenters. The van der Waals surface area contributed by atoms with Gasteiger partial charge >= 0.3 is 11.9 Å². The molecular formula is C24H20F3N7O2. The molecule has 0 aliphatic heterocycles. The van der Waals surface area contributed by atoms with Gasteiger partial charge in [0.15, 0.2) is 0 Å². The number of carbonyl (C=O) groups excluding carboxylic acids is 1. The van der Waals surface area contributed by atoms with Gasteiger partial charge < -0.3 is 5.32 Å². The minimum absolute atomic E-state index is 0.309. The number of para-hydroxylation sites is 1. The minimum atomic E-state index is -4.55. The Morgan fingerprint density at radius 2 is 1.86 bits per heavy atom. The lowest BCUT2D eigenvalue weighted by molar-refractivity contribution is -0.138. The number of pyridine rings is 2. The quantitative estimate of drug-likeness (QED) is 0.404. The molecule has 5 rings (SSSR count). The number of fused-ring (bicyclic) bond motifs is 2. The van der Waals surface area contributed by atoms with Crippen molar-refractivity contribution in [3.63, 3.8) is 0 Å². The number of imidazole rings is 1. The van der Waals surface area contributed by atoms with Crippen molar-refractivity contribution in [3.05, 3.63) is 71.2 Å². The Kier molecular flexibility index (Phi) is 5.58. The number of rotatable bonds is 5. The Bertz CT molecular complexity index is 1660. The van der Waals surface area contributed by atoms with Gasteiger partial charge in [0.1, 0.15) is 18.9 Å². The summed E-state index contributed by atoms with van der Waals surface area (Å²) in [7, 11) is 1.82. The van der Waals surface area contributed by atoms with Crippen LogP contribution in [0.25, 0.3) is 38.9 Å². The normalized spacial score (nSPS) is 11.9. The number of hydrogen-bond donors (Lipinski definition) is 1. The SMILES string of the molecule is Cc1cccc2c1n(-c1ccc(-c3cncc4c3cnn4C)cn1)c(=O)n2CC(=O)NCC(F)(F)F. The van der Waals surface area contributed by atoms with Gasteiger partial charge in [0.25, 0.3) is 0 Å². The maximum Gasteiger partial charge on any atom is 0.405 e. The van der Waals surface area contributed by atoms with E-state index in [1.807, 2.05) is 12.4 Å². The molecule has 1 aromatic carbocycles. The second kappa shape index (κ2) is 8.63. The molecular weight excluding hydrogens is 475 g/mol. The van der Waals surface area contributed by atoms with Gasteiger partial charge in [-0.25, -0.2) is 14.3 Å². The number of halogens is 3. The maximum absolute atomic E-state index is 13.4. The fraction of sp³-hybridized carbons (Fsp3) is 0.208. The summed E-state index contributed by atoms with van der Waals surface area (Å²) in [5.74, 6) is -0.612. The number of nitrogens with zero attached hydrogens (tertiary/aromatic N) is 6. The molecule has 1 amide bonds. The lowest BCUT2D eigenvalue weighted by Gasteiger charge is -2.08. The van der Waals surface area contributed by atoms with E-state index in [4.69, 9.17) is 0 Å². The Hall–Kier alpha value is -4.48. The fourth-order valence-electron chi connectivity index (χ4n) is 4.20. The summed E-state index contributed by atoms with van der Waals surface area (Å²) in [5.41, 5.74) is 3.54. The summed E-state index contributed by atoms with van der Waals surface area (Å²) < 4.78 is 41.7. The second-order valence-electron chi connectivity index (χ2n) is 8.33. The van der Waals surface area contributed by atoms with Crippen molar-refractivity contribution < 1.29 is 18.0 Å². The highest BCUT2D eigenvalue weighted by Gasteiger charge is 2.28. The lowest BCUT2D eigenvalue weighted by Crippen LogP contribution is -2.38. The average molecular weight is 495 g/mol. The molecule has 0 fully saturated rings. The second-order valence-corrected chi connectivity index (χ2v) is 8.33. The molecule has 0 aliphatic rings. The summed E-state index contributed by atoms with van der Waals surface area (Å²) in [5, 5.41) is 6.98. The third-order valence-corrected chi connectivity index (χ3v) is 5.90. The predicted molar refractivity (Wildman–Crippen MR) is 127 cm³/mol. The van der Waals surface area contributed by atoms with E-state index >= 15 is 0 Å². The van der Waals surface area contributed by atoms with Crippen molar-refractivity contribution in [3.8, 4) is 16.9 Å². The molecule has 4 heterocycles. The third kappa shape index (κ3) is 4.10. The monoisotopic (exact) mass is 495 g/mol. The van der Waals surface area contributed by atoms with Gasteiger partial charge in [-0.05, 0) is 30.7 Å². The van der Waals surface area contributed by atoms with Crippen LogP contribution in [0, 0.1) is 6.92 Å². The zero-order valence-electron chi connectivity index (χ0n) is 19.2. The molecule has 1 N–H and O–H groups in total. The van der Waals surface area contributed by atoms with Crippen LogP contribution < -0.4 is 11.0 Å². The first-order valence-electron chi connectivity index (χ1n) is 10.9. The molecule has 0 saturated carbocycles. The van der Waals surface area contributed by atoms with Crippen molar-refractivity contribution in [2.75, 3.05) is 6.54 Å². The number of hydrogen-bond acceptors (Lipinski definition) is 5. The Morgan fingerprint density at radius 3 is 2.58 bits per heavy atom. The van der Waals surface area contributed by atoms with Crippen LogP contribution in [0.1, 0.15) is 5.56 Å². The Labute approximate surface area is 201 Å². The van der Waals surface area contributed by atoms with Crippen LogP contribution in [0.3, 0.4) is 0 Å². The standard InChI is InChI=1S/C24H20F3N7O2/c1-14-4-3-5-18-22(14)34(23(36)33(18)12-21(35)30-13-24(25,26)27)20-7-6-15(8-29-20)16-9-28-11-19-17(16)10-31-32(19)2/h3-11H,12-13H2,1-2H3,(H,30,35). The van der Waals surface area contributed by atoms with E-state index in [0.29, 0.717) is 16.9 Å². The van der Waals surface area contributed by atoms with Crippen LogP contribution >= 0.6 is 0 Å². The molecule has 0 bridgehead atoms. The van der Waals surface area contributed by atoms with Crippen molar-refractivity contribution in [1.29, 1.82) is 0 Å². The van der Waals surface area contributed by atoms with Crippen LogP contribution in [0.2, 0.25) is 0 Å². The van der Waals surface area contributed by atoms with E-state index in [1.165, 1.54) is 4.57 Å². The van der Waals surface area contributed by atoms with E-state index in [0.717, 1.165) is 32.2 Å². The number of aromatic nitrogens is 6. The highest BCUT2D eigenvalue weighted by atomic mass is 19.4.